The van der Waals surface area contributed by atoms with E-state index in [1.807, 2.05) is 0 Å². The van der Waals surface area contributed by atoms with Gasteiger partial charge >= 0.3 is 0 Å². The van der Waals surface area contributed by atoms with Crippen LogP contribution in [0.5, 0.6) is 17.2 Å². The molecule has 1 aliphatic heterocycles. The topological polar surface area (TPSA) is 65.1 Å². The molecule has 0 N–H and O–H groups in total. The molecule has 0 radical (unpaired) electrons. The highest BCUT2D eigenvalue weighted by Gasteiger charge is 2.37. The van der Waals surface area contributed by atoms with Gasteiger partial charge in [-0.3, -0.25) is 14.5 Å². The second-order valence-corrected chi connectivity index (χ2v) is 5.81. The van der Waals surface area contributed by atoms with Gasteiger partial charge in [0.15, 0.2) is 11.5 Å². The summed E-state index contributed by atoms with van der Waals surface area (Å²) in [6.45, 7) is 0.0964. The summed E-state index contributed by atoms with van der Waals surface area (Å²) in [5, 5.41) is 0.517. The molecule has 0 aliphatic carbocycles. The van der Waals surface area contributed by atoms with E-state index in [0.717, 1.165) is 4.90 Å². The Labute approximate surface area is 149 Å². The Morgan fingerprint density at radius 1 is 1.04 bits per heavy atom. The Morgan fingerprint density at radius 2 is 1.68 bits per heavy atom. The standard InChI is InChI=1S/C18H16ClNO5/c1-23-14-8-12-13(15(24-2)16(14)25-3)9-20(18(12)22)17(21)10-4-6-11(19)7-5-10/h4-8H,9H2,1-3H3. The summed E-state index contributed by atoms with van der Waals surface area (Å²) < 4.78 is 16.0. The first-order valence-corrected chi connectivity index (χ1v) is 7.83. The van der Waals surface area contributed by atoms with Crippen molar-refractivity contribution in [3.8, 4) is 17.2 Å². The van der Waals surface area contributed by atoms with Crippen molar-refractivity contribution in [3.05, 3.63) is 52.0 Å². The lowest BCUT2D eigenvalue weighted by Crippen LogP contribution is -2.31. The van der Waals surface area contributed by atoms with E-state index in [2.05, 4.69) is 0 Å². The summed E-state index contributed by atoms with van der Waals surface area (Å²) >= 11 is 5.85. The number of amides is 2. The van der Waals surface area contributed by atoms with Crippen molar-refractivity contribution < 1.29 is 23.8 Å². The first-order valence-electron chi connectivity index (χ1n) is 7.45. The second-order valence-electron chi connectivity index (χ2n) is 5.37. The molecule has 6 nitrogen and oxygen atoms in total. The van der Waals surface area contributed by atoms with Gasteiger partial charge in [0, 0.05) is 16.1 Å². The number of halogens is 1. The van der Waals surface area contributed by atoms with Crippen molar-refractivity contribution in [2.75, 3.05) is 21.3 Å². The van der Waals surface area contributed by atoms with Crippen molar-refractivity contribution in [2.45, 2.75) is 6.54 Å². The Hall–Kier alpha value is -2.73. The SMILES string of the molecule is COc1cc2c(c(OC)c1OC)CN(C(=O)c1ccc(Cl)cc1)C2=O. The highest BCUT2D eigenvalue weighted by molar-refractivity contribution is 6.30. The zero-order chi connectivity index (χ0) is 18.1. The minimum Gasteiger partial charge on any atom is -0.493 e. The fourth-order valence-corrected chi connectivity index (χ4v) is 2.98. The van der Waals surface area contributed by atoms with Crippen LogP contribution in [-0.2, 0) is 6.54 Å². The summed E-state index contributed by atoms with van der Waals surface area (Å²) in [4.78, 5) is 26.6. The number of carbonyl (C=O) groups excluding carboxylic acids is 2. The van der Waals surface area contributed by atoms with Crippen LogP contribution in [0.15, 0.2) is 30.3 Å². The van der Waals surface area contributed by atoms with Gasteiger partial charge in [-0.15, -0.1) is 0 Å². The lowest BCUT2D eigenvalue weighted by atomic mass is 10.1. The number of methoxy groups -OCH3 is 3. The normalized spacial score (nSPS) is 12.8. The number of rotatable bonds is 4. The van der Waals surface area contributed by atoms with E-state index in [1.54, 1.807) is 30.3 Å². The van der Waals surface area contributed by atoms with Crippen molar-refractivity contribution in [2.24, 2.45) is 0 Å². The third-order valence-corrected chi connectivity index (χ3v) is 4.31. The number of hydrogen-bond donors (Lipinski definition) is 0. The number of hydrogen-bond acceptors (Lipinski definition) is 5. The molecule has 130 valence electrons. The molecule has 0 spiro atoms. The molecule has 2 aromatic rings. The summed E-state index contributed by atoms with van der Waals surface area (Å²) in [6, 6.07) is 7.94. The van der Waals surface area contributed by atoms with Gasteiger partial charge in [0.05, 0.1) is 33.4 Å². The van der Waals surface area contributed by atoms with Gasteiger partial charge < -0.3 is 14.2 Å². The van der Waals surface area contributed by atoms with Gasteiger partial charge in [-0.05, 0) is 30.3 Å². The maximum absolute atomic E-state index is 12.7. The Balaban J connectivity index is 2.03. The Bertz CT molecular complexity index is 848. The van der Waals surface area contributed by atoms with Gasteiger partial charge in [-0.1, -0.05) is 11.6 Å². The molecule has 0 bridgehead atoms. The molecular formula is C18H16ClNO5. The first-order chi connectivity index (χ1) is 12.0. The molecule has 7 heteroatoms. The molecule has 25 heavy (non-hydrogen) atoms. The van der Waals surface area contributed by atoms with E-state index in [9.17, 15) is 9.59 Å². The van der Waals surface area contributed by atoms with Crippen molar-refractivity contribution in [1.82, 2.24) is 4.90 Å². The van der Waals surface area contributed by atoms with E-state index < -0.39 is 11.8 Å². The van der Waals surface area contributed by atoms with E-state index in [1.165, 1.54) is 21.3 Å². The molecule has 0 fully saturated rings. The van der Waals surface area contributed by atoms with E-state index >= 15 is 0 Å². The lowest BCUT2D eigenvalue weighted by molar-refractivity contribution is 0.0630. The molecule has 0 unspecified atom stereocenters. The van der Waals surface area contributed by atoms with Crippen molar-refractivity contribution in [3.63, 3.8) is 0 Å². The maximum atomic E-state index is 12.7. The molecule has 0 atom stereocenters. The second kappa shape index (κ2) is 6.64. The molecular weight excluding hydrogens is 346 g/mol. The van der Waals surface area contributed by atoms with Crippen LogP contribution in [0, 0.1) is 0 Å². The van der Waals surface area contributed by atoms with Crippen LogP contribution < -0.4 is 14.2 Å². The molecule has 3 rings (SSSR count). The first kappa shape index (κ1) is 17.1. The fourth-order valence-electron chi connectivity index (χ4n) is 2.85. The minimum absolute atomic E-state index is 0.0964. The molecule has 0 aromatic heterocycles. The molecule has 0 saturated heterocycles. The van der Waals surface area contributed by atoms with Crippen LogP contribution in [0.25, 0.3) is 0 Å². The van der Waals surface area contributed by atoms with E-state index in [4.69, 9.17) is 25.8 Å². The number of benzene rings is 2. The lowest BCUT2D eigenvalue weighted by Gasteiger charge is -2.15. The van der Waals surface area contributed by atoms with Crippen LogP contribution in [0.4, 0.5) is 0 Å². The fraction of sp³-hybridized carbons (Fsp3) is 0.222. The summed E-state index contributed by atoms with van der Waals surface area (Å²) in [7, 11) is 4.44. The van der Waals surface area contributed by atoms with Gasteiger partial charge in [0.2, 0.25) is 5.75 Å². The number of nitrogens with zero attached hydrogens (tertiary/aromatic N) is 1. The Morgan fingerprint density at radius 3 is 2.24 bits per heavy atom. The highest BCUT2D eigenvalue weighted by atomic mass is 35.5. The summed E-state index contributed by atoms with van der Waals surface area (Å²) in [5.74, 6) is 0.327. The van der Waals surface area contributed by atoms with Gasteiger partial charge in [0.25, 0.3) is 11.8 Å². The van der Waals surface area contributed by atoms with Crippen LogP contribution >= 0.6 is 11.6 Å². The predicted octanol–water partition coefficient (Wildman–Crippen LogP) is 3.16. The zero-order valence-electron chi connectivity index (χ0n) is 14.0. The monoisotopic (exact) mass is 361 g/mol. The third kappa shape index (κ3) is 2.78. The molecule has 2 aromatic carbocycles. The van der Waals surface area contributed by atoms with Crippen LogP contribution in [-0.4, -0.2) is 38.0 Å². The molecule has 2 amide bonds. The van der Waals surface area contributed by atoms with Crippen LogP contribution in [0.3, 0.4) is 0 Å². The number of carbonyl (C=O) groups is 2. The van der Waals surface area contributed by atoms with Crippen LogP contribution in [0.1, 0.15) is 26.3 Å². The van der Waals surface area contributed by atoms with E-state index in [-0.39, 0.29) is 6.54 Å². The summed E-state index contributed by atoms with van der Waals surface area (Å²) in [6.07, 6.45) is 0. The average Bonchev–Trinajstić information content (AvgIpc) is 2.96. The maximum Gasteiger partial charge on any atom is 0.261 e. The van der Waals surface area contributed by atoms with Gasteiger partial charge in [0.1, 0.15) is 0 Å². The van der Waals surface area contributed by atoms with Crippen molar-refractivity contribution in [1.29, 1.82) is 0 Å². The predicted molar refractivity (Wildman–Crippen MR) is 91.8 cm³/mol. The number of imide groups is 1. The number of fused-ring (bicyclic) bond motifs is 1. The molecule has 1 aliphatic rings. The van der Waals surface area contributed by atoms with Gasteiger partial charge in [-0.2, -0.15) is 0 Å². The highest BCUT2D eigenvalue weighted by Crippen LogP contribution is 2.45. The third-order valence-electron chi connectivity index (χ3n) is 4.06. The minimum atomic E-state index is -0.408. The molecule has 1 heterocycles. The number of ether oxygens (including phenoxy) is 3. The van der Waals surface area contributed by atoms with Crippen molar-refractivity contribution >= 4 is 23.4 Å². The smallest absolute Gasteiger partial charge is 0.261 e. The molecule has 0 saturated carbocycles. The zero-order valence-corrected chi connectivity index (χ0v) is 14.7. The van der Waals surface area contributed by atoms with Gasteiger partial charge in [-0.25, -0.2) is 0 Å². The van der Waals surface area contributed by atoms with Crippen LogP contribution in [0.2, 0.25) is 5.02 Å². The Kier molecular flexibility index (Phi) is 4.55. The quantitative estimate of drug-likeness (QED) is 0.783. The average molecular weight is 362 g/mol. The largest absolute Gasteiger partial charge is 0.493 e. The summed E-state index contributed by atoms with van der Waals surface area (Å²) in [5.41, 5.74) is 1.33. The van der Waals surface area contributed by atoms with E-state index in [0.29, 0.717) is 39.0 Å².